The lowest BCUT2D eigenvalue weighted by Crippen LogP contribution is -2.03. The number of aromatic nitrogens is 1. The Balaban J connectivity index is 1.88. The van der Waals surface area contributed by atoms with Gasteiger partial charge in [-0.2, -0.15) is 0 Å². The van der Waals surface area contributed by atoms with Crippen LogP contribution in [0.15, 0.2) is 65.7 Å². The van der Waals surface area contributed by atoms with Gasteiger partial charge < -0.3 is 5.11 Å². The molecule has 1 heterocycles. The molecule has 0 amide bonds. The van der Waals surface area contributed by atoms with Gasteiger partial charge >= 0.3 is 5.97 Å². The van der Waals surface area contributed by atoms with Crippen molar-refractivity contribution in [2.75, 3.05) is 0 Å². The van der Waals surface area contributed by atoms with Gasteiger partial charge in [-0.05, 0) is 55.5 Å². The molecule has 6 heteroatoms. The first kappa shape index (κ1) is 17.1. The fourth-order valence-corrected chi connectivity index (χ4v) is 3.78. The van der Waals surface area contributed by atoms with Crippen LogP contribution >= 0.6 is 11.3 Å². The van der Waals surface area contributed by atoms with Crippen molar-refractivity contribution < 1.29 is 14.7 Å². The topological polar surface area (TPSA) is 79.6 Å². The molecule has 0 bridgehead atoms. The molecule has 1 aliphatic carbocycles. The van der Waals surface area contributed by atoms with Gasteiger partial charge in [0.1, 0.15) is 0 Å². The number of nitrogens with zero attached hydrogens (tertiary/aromatic N) is 2. The van der Waals surface area contributed by atoms with Gasteiger partial charge in [-0.1, -0.05) is 12.1 Å². The van der Waals surface area contributed by atoms with E-state index in [0.717, 1.165) is 20.8 Å². The summed E-state index contributed by atoms with van der Waals surface area (Å²) in [5.74, 6) is -1.29. The summed E-state index contributed by atoms with van der Waals surface area (Å²) >= 11 is 1.62. The number of para-hydroxylation sites is 1. The first-order chi connectivity index (χ1) is 13.0. The fraction of sp³-hybridized carbons (Fsp3) is 0.0476. The van der Waals surface area contributed by atoms with Crippen LogP contribution in [0.4, 0.5) is 5.69 Å². The van der Waals surface area contributed by atoms with Crippen LogP contribution in [-0.4, -0.2) is 21.8 Å². The number of hydrogen-bond donors (Lipinski definition) is 1. The molecule has 1 aliphatic heterocycles. The van der Waals surface area contributed by atoms with E-state index in [1.54, 1.807) is 17.4 Å². The lowest BCUT2D eigenvalue weighted by molar-refractivity contribution is 0.0697. The zero-order valence-electron chi connectivity index (χ0n) is 14.3. The molecule has 4 rings (SSSR count). The number of carboxylic acids is 1. The van der Waals surface area contributed by atoms with Crippen LogP contribution in [0, 0.1) is 0 Å². The Morgan fingerprint density at radius 1 is 1.00 bits per heavy atom. The SMILES string of the molecule is CC(=O)c1cc(/N=c2\ccc3nc4ccccc4sc-3c2)cc(C(=O)O)c1. The van der Waals surface area contributed by atoms with Gasteiger partial charge in [0.2, 0.25) is 0 Å². The predicted octanol–water partition coefficient (Wildman–Crippen LogP) is 4.53. The zero-order valence-corrected chi connectivity index (χ0v) is 15.2. The molecular weight excluding hydrogens is 360 g/mol. The molecular formula is C21H14N2O3S. The molecule has 0 unspecified atom stereocenters. The van der Waals surface area contributed by atoms with E-state index >= 15 is 0 Å². The number of carbonyl (C=O) groups excluding carboxylic acids is 1. The quantitative estimate of drug-likeness (QED) is 0.422. The van der Waals surface area contributed by atoms with Crippen LogP contribution in [0.25, 0.3) is 20.8 Å². The Morgan fingerprint density at radius 3 is 2.56 bits per heavy atom. The monoisotopic (exact) mass is 374 g/mol. The second-order valence-corrected chi connectivity index (χ2v) is 7.16. The molecule has 27 heavy (non-hydrogen) atoms. The van der Waals surface area contributed by atoms with E-state index in [9.17, 15) is 14.7 Å². The second-order valence-electron chi connectivity index (χ2n) is 6.08. The maximum absolute atomic E-state index is 11.7. The van der Waals surface area contributed by atoms with Gasteiger partial charge in [0.25, 0.3) is 0 Å². The summed E-state index contributed by atoms with van der Waals surface area (Å²) in [7, 11) is 0. The van der Waals surface area contributed by atoms with Gasteiger partial charge in [-0.25, -0.2) is 14.8 Å². The number of Topliss-reactive ketones (excluding diaryl/α,β-unsaturated/α-hetero) is 1. The van der Waals surface area contributed by atoms with E-state index in [0.29, 0.717) is 16.6 Å². The molecule has 0 spiro atoms. The van der Waals surface area contributed by atoms with Crippen LogP contribution in [0.1, 0.15) is 27.6 Å². The van der Waals surface area contributed by atoms with Crippen LogP contribution in [-0.2, 0) is 0 Å². The summed E-state index contributed by atoms with van der Waals surface area (Å²) in [4.78, 5) is 33.2. The second kappa shape index (κ2) is 6.74. The molecule has 132 valence electrons. The number of rotatable bonds is 3. The lowest BCUT2D eigenvalue weighted by atomic mass is 10.1. The minimum Gasteiger partial charge on any atom is -0.478 e. The summed E-state index contributed by atoms with van der Waals surface area (Å²) in [5, 5.41) is 9.94. The first-order valence-corrected chi connectivity index (χ1v) is 9.05. The Bertz CT molecular complexity index is 1210. The number of fused-ring (bicyclic) bond motifs is 2. The molecule has 0 saturated heterocycles. The third kappa shape index (κ3) is 3.47. The Labute approximate surface area is 158 Å². The molecule has 0 saturated carbocycles. The average Bonchev–Trinajstić information content (AvgIpc) is 2.66. The Kier molecular flexibility index (Phi) is 4.25. The number of aromatic carboxylic acids is 1. The Hall–Kier alpha value is -3.38. The largest absolute Gasteiger partial charge is 0.478 e. The van der Waals surface area contributed by atoms with Crippen molar-refractivity contribution in [3.63, 3.8) is 0 Å². The zero-order chi connectivity index (χ0) is 19.0. The van der Waals surface area contributed by atoms with Crippen molar-refractivity contribution >= 4 is 39.0 Å². The van der Waals surface area contributed by atoms with E-state index in [1.165, 1.54) is 19.1 Å². The molecule has 0 aromatic heterocycles. The summed E-state index contributed by atoms with van der Waals surface area (Å²) in [6.07, 6.45) is 0. The lowest BCUT2D eigenvalue weighted by Gasteiger charge is -2.06. The van der Waals surface area contributed by atoms with Crippen LogP contribution in [0.3, 0.4) is 0 Å². The summed E-state index contributed by atoms with van der Waals surface area (Å²) in [5.41, 5.74) is 2.61. The van der Waals surface area contributed by atoms with Crippen molar-refractivity contribution in [2.24, 2.45) is 4.99 Å². The van der Waals surface area contributed by atoms with E-state index in [-0.39, 0.29) is 11.3 Å². The van der Waals surface area contributed by atoms with E-state index in [2.05, 4.69) is 9.98 Å². The normalized spacial score (nSPS) is 11.8. The third-order valence-corrected chi connectivity index (χ3v) is 5.21. The minimum absolute atomic E-state index is 0.0395. The fourth-order valence-electron chi connectivity index (χ4n) is 2.78. The van der Waals surface area contributed by atoms with E-state index in [1.807, 2.05) is 42.5 Å². The van der Waals surface area contributed by atoms with E-state index in [4.69, 9.17) is 0 Å². The molecule has 2 aliphatic rings. The molecule has 1 N–H and O–H groups in total. The minimum atomic E-state index is -1.09. The summed E-state index contributed by atoms with van der Waals surface area (Å²) in [6, 6.07) is 18.0. The van der Waals surface area contributed by atoms with Gasteiger partial charge in [0, 0.05) is 5.56 Å². The highest BCUT2D eigenvalue weighted by Crippen LogP contribution is 2.29. The van der Waals surface area contributed by atoms with E-state index < -0.39 is 5.97 Å². The molecule has 5 nitrogen and oxygen atoms in total. The highest BCUT2D eigenvalue weighted by atomic mass is 32.1. The number of ketones is 1. The molecule has 2 aromatic rings. The maximum atomic E-state index is 11.7. The highest BCUT2D eigenvalue weighted by molar-refractivity contribution is 7.21. The van der Waals surface area contributed by atoms with Crippen molar-refractivity contribution in [3.8, 4) is 10.6 Å². The van der Waals surface area contributed by atoms with Crippen LogP contribution < -0.4 is 5.36 Å². The molecule has 2 aromatic carbocycles. The van der Waals surface area contributed by atoms with Crippen molar-refractivity contribution in [1.82, 2.24) is 4.98 Å². The number of carbonyl (C=O) groups is 2. The highest BCUT2D eigenvalue weighted by Gasteiger charge is 2.10. The summed E-state index contributed by atoms with van der Waals surface area (Å²) in [6.45, 7) is 1.40. The number of hydrogen-bond acceptors (Lipinski definition) is 5. The van der Waals surface area contributed by atoms with Crippen LogP contribution in [0.5, 0.6) is 0 Å². The van der Waals surface area contributed by atoms with Gasteiger partial charge in [-0.3, -0.25) is 4.79 Å². The molecule has 0 radical (unpaired) electrons. The maximum Gasteiger partial charge on any atom is 0.335 e. The number of carboxylic acid groups (broad SMARTS) is 1. The molecule has 0 fully saturated rings. The Morgan fingerprint density at radius 2 is 1.78 bits per heavy atom. The van der Waals surface area contributed by atoms with Crippen molar-refractivity contribution in [1.29, 1.82) is 0 Å². The standard InChI is InChI=1S/C21H14N2O3S/c1-12(24)13-8-14(21(25)26)10-16(9-13)22-15-6-7-18-20(11-15)27-19-5-3-2-4-17(19)23-18/h2-11H,1H3,(H,25,26)/b22-15+. The first-order valence-electron chi connectivity index (χ1n) is 8.23. The van der Waals surface area contributed by atoms with Crippen molar-refractivity contribution in [2.45, 2.75) is 6.92 Å². The van der Waals surface area contributed by atoms with Gasteiger partial charge in [0.05, 0.1) is 37.4 Å². The number of benzene rings is 3. The predicted molar refractivity (Wildman–Crippen MR) is 105 cm³/mol. The smallest absolute Gasteiger partial charge is 0.335 e. The van der Waals surface area contributed by atoms with Gasteiger partial charge in [0.15, 0.2) is 5.78 Å². The average molecular weight is 374 g/mol. The van der Waals surface area contributed by atoms with Crippen molar-refractivity contribution in [3.05, 3.63) is 77.1 Å². The third-order valence-electron chi connectivity index (χ3n) is 4.10. The van der Waals surface area contributed by atoms with Crippen LogP contribution in [0.2, 0.25) is 0 Å². The summed E-state index contributed by atoms with van der Waals surface area (Å²) < 4.78 is 1.08. The molecule has 0 atom stereocenters. The van der Waals surface area contributed by atoms with Gasteiger partial charge in [-0.15, -0.1) is 11.3 Å².